The van der Waals surface area contributed by atoms with Crippen molar-refractivity contribution in [3.63, 3.8) is 0 Å². The molecule has 47 heavy (non-hydrogen) atoms. The fraction of sp³-hybridized carbons (Fsp3) is 0.194. The van der Waals surface area contributed by atoms with Crippen molar-refractivity contribution in [2.75, 3.05) is 17.7 Å². The van der Waals surface area contributed by atoms with Gasteiger partial charge in [0.25, 0.3) is 5.91 Å². The topological polar surface area (TPSA) is 90.3 Å². The number of nitrogens with one attached hydrogen (secondary N) is 2. The second-order valence-corrected chi connectivity index (χ2v) is 13.4. The van der Waals surface area contributed by atoms with E-state index >= 15 is 0 Å². The highest BCUT2D eigenvalue weighted by molar-refractivity contribution is 9.10. The zero-order valence-corrected chi connectivity index (χ0v) is 29.5. The van der Waals surface area contributed by atoms with Crippen LogP contribution in [0.1, 0.15) is 40.8 Å². The van der Waals surface area contributed by atoms with Gasteiger partial charge in [0.05, 0.1) is 17.2 Å². The average molecular weight is 731 g/mol. The molecule has 0 bridgehead atoms. The first kappa shape index (κ1) is 32.7. The SMILES string of the molecule is COc1cc(C2C(C(=O)Nc3ccccc3C)=C(C)Nc3nc(SCc4ccccc4Cl)nn32)cc(Br)c1OCc1cccc(C)c1. The van der Waals surface area contributed by atoms with Crippen molar-refractivity contribution >= 4 is 56.8 Å². The summed E-state index contributed by atoms with van der Waals surface area (Å²) in [6, 6.07) is 26.8. The molecule has 6 rings (SSSR count). The van der Waals surface area contributed by atoms with E-state index in [1.165, 1.54) is 11.8 Å². The molecule has 0 fully saturated rings. The summed E-state index contributed by atoms with van der Waals surface area (Å²) in [4.78, 5) is 18.9. The lowest BCUT2D eigenvalue weighted by molar-refractivity contribution is -0.113. The Morgan fingerprint density at radius 3 is 2.60 bits per heavy atom. The van der Waals surface area contributed by atoms with Crippen LogP contribution in [0.3, 0.4) is 0 Å². The highest BCUT2D eigenvalue weighted by Crippen LogP contribution is 2.44. The molecule has 2 heterocycles. The molecule has 1 aliphatic heterocycles. The van der Waals surface area contributed by atoms with Crippen LogP contribution in [0.15, 0.2) is 106 Å². The number of halogens is 2. The smallest absolute Gasteiger partial charge is 0.255 e. The molecule has 0 aliphatic carbocycles. The van der Waals surface area contributed by atoms with Gasteiger partial charge >= 0.3 is 0 Å². The summed E-state index contributed by atoms with van der Waals surface area (Å²) in [6.07, 6.45) is 0. The zero-order valence-electron chi connectivity index (χ0n) is 26.3. The molecule has 4 aromatic carbocycles. The Morgan fingerprint density at radius 2 is 1.83 bits per heavy atom. The third kappa shape index (κ3) is 7.20. The number of amides is 1. The van der Waals surface area contributed by atoms with E-state index in [4.69, 9.17) is 31.2 Å². The lowest BCUT2D eigenvalue weighted by atomic mass is 9.94. The normalized spacial score (nSPS) is 14.0. The van der Waals surface area contributed by atoms with Crippen LogP contribution < -0.4 is 20.1 Å². The molecule has 1 unspecified atom stereocenters. The van der Waals surface area contributed by atoms with E-state index in [9.17, 15) is 4.79 Å². The monoisotopic (exact) mass is 729 g/mol. The molecular formula is C36H33BrClN5O3S. The quantitative estimate of drug-likeness (QED) is 0.139. The Kier molecular flexibility index (Phi) is 9.91. The Labute approximate surface area is 291 Å². The molecule has 1 amide bonds. The molecule has 1 aliphatic rings. The van der Waals surface area contributed by atoms with Gasteiger partial charge in [-0.05, 0) is 83.2 Å². The molecule has 1 aromatic heterocycles. The Balaban J connectivity index is 1.38. The van der Waals surface area contributed by atoms with Gasteiger partial charge in [0.2, 0.25) is 11.1 Å². The first-order valence-electron chi connectivity index (χ1n) is 14.9. The van der Waals surface area contributed by atoms with E-state index in [0.29, 0.717) is 55.7 Å². The predicted molar refractivity (Wildman–Crippen MR) is 192 cm³/mol. The minimum atomic E-state index is -0.631. The molecule has 5 aromatic rings. The van der Waals surface area contributed by atoms with Crippen molar-refractivity contribution in [2.45, 2.75) is 44.3 Å². The standard InChI is InChI=1S/C36H33BrClN5O3S/c1-21-10-9-12-24(16-21)19-46-33-27(37)17-26(18-30(33)45-4)32-31(34(44)40-29-15-8-5-11-22(29)2)23(3)39-35-41-36(42-43(32)35)47-20-25-13-6-7-14-28(25)38/h5-18,32H,19-20H2,1-4H3,(H,40,44)(H,39,41,42). The minimum Gasteiger partial charge on any atom is -0.493 e. The summed E-state index contributed by atoms with van der Waals surface area (Å²) >= 11 is 11.6. The number of rotatable bonds is 10. The van der Waals surface area contributed by atoms with E-state index in [1.54, 1.807) is 11.8 Å². The molecule has 2 N–H and O–H groups in total. The lowest BCUT2D eigenvalue weighted by Gasteiger charge is -2.29. The van der Waals surface area contributed by atoms with Crippen LogP contribution in [-0.2, 0) is 17.2 Å². The maximum absolute atomic E-state index is 14.1. The van der Waals surface area contributed by atoms with E-state index in [0.717, 1.165) is 33.5 Å². The number of para-hydroxylation sites is 1. The number of benzene rings is 4. The van der Waals surface area contributed by atoms with Crippen LogP contribution in [0.5, 0.6) is 11.5 Å². The molecule has 0 saturated carbocycles. The highest BCUT2D eigenvalue weighted by Gasteiger charge is 2.35. The fourth-order valence-electron chi connectivity index (χ4n) is 5.45. The number of fused-ring (bicyclic) bond motifs is 1. The number of aryl methyl sites for hydroxylation is 2. The third-order valence-corrected chi connectivity index (χ3v) is 9.66. The van der Waals surface area contributed by atoms with Crippen LogP contribution >= 0.6 is 39.3 Å². The molecule has 0 radical (unpaired) electrons. The summed E-state index contributed by atoms with van der Waals surface area (Å²) in [5.41, 5.74) is 6.80. The molecule has 8 nitrogen and oxygen atoms in total. The van der Waals surface area contributed by atoms with E-state index in [-0.39, 0.29) is 5.91 Å². The van der Waals surface area contributed by atoms with Crippen LogP contribution in [0.25, 0.3) is 0 Å². The lowest BCUT2D eigenvalue weighted by Crippen LogP contribution is -2.31. The van der Waals surface area contributed by atoms with E-state index in [1.807, 2.05) is 86.6 Å². The number of allylic oxidation sites excluding steroid dienone is 1. The fourth-order valence-corrected chi connectivity index (χ4v) is 7.14. The average Bonchev–Trinajstić information content (AvgIpc) is 3.46. The van der Waals surface area contributed by atoms with Gasteiger partial charge in [-0.1, -0.05) is 89.6 Å². The number of nitrogens with zero attached hydrogens (tertiary/aromatic N) is 3. The molecule has 0 saturated heterocycles. The van der Waals surface area contributed by atoms with Crippen molar-refractivity contribution in [3.05, 3.63) is 134 Å². The van der Waals surface area contributed by atoms with Crippen LogP contribution in [-0.4, -0.2) is 27.8 Å². The number of carbonyl (C=O) groups excluding carboxylic acids is 1. The minimum absolute atomic E-state index is 0.254. The predicted octanol–water partition coefficient (Wildman–Crippen LogP) is 9.12. The number of carbonyl (C=O) groups is 1. The first-order valence-corrected chi connectivity index (χ1v) is 17.1. The number of methoxy groups -OCH3 is 1. The number of thioether (sulfide) groups is 1. The summed E-state index contributed by atoms with van der Waals surface area (Å²) in [6.45, 7) is 6.25. The maximum Gasteiger partial charge on any atom is 0.255 e. The molecule has 1 atom stereocenters. The third-order valence-electron chi connectivity index (χ3n) is 7.82. The van der Waals surface area contributed by atoms with Gasteiger partial charge in [-0.15, -0.1) is 5.10 Å². The number of ether oxygens (including phenoxy) is 2. The van der Waals surface area contributed by atoms with E-state index in [2.05, 4.69) is 45.6 Å². The highest BCUT2D eigenvalue weighted by atomic mass is 79.9. The summed E-state index contributed by atoms with van der Waals surface area (Å²) < 4.78 is 14.5. The van der Waals surface area contributed by atoms with Crippen molar-refractivity contribution in [1.82, 2.24) is 14.8 Å². The summed E-state index contributed by atoms with van der Waals surface area (Å²) in [7, 11) is 1.60. The number of aromatic nitrogens is 3. The molecule has 0 spiro atoms. The number of hydrogen-bond donors (Lipinski definition) is 2. The van der Waals surface area contributed by atoms with Crippen molar-refractivity contribution in [2.24, 2.45) is 0 Å². The second-order valence-electron chi connectivity index (χ2n) is 11.2. The van der Waals surface area contributed by atoms with Gasteiger partial charge < -0.3 is 20.1 Å². The van der Waals surface area contributed by atoms with Crippen molar-refractivity contribution in [3.8, 4) is 11.5 Å². The van der Waals surface area contributed by atoms with Gasteiger partial charge in [0.1, 0.15) is 12.6 Å². The maximum atomic E-state index is 14.1. The van der Waals surface area contributed by atoms with Crippen molar-refractivity contribution < 1.29 is 14.3 Å². The van der Waals surface area contributed by atoms with Crippen LogP contribution in [0.4, 0.5) is 11.6 Å². The summed E-state index contributed by atoms with van der Waals surface area (Å²) in [5, 5.41) is 12.6. The first-order chi connectivity index (χ1) is 22.7. The Hall–Kier alpha value is -4.25. The van der Waals surface area contributed by atoms with Crippen LogP contribution in [0.2, 0.25) is 5.02 Å². The van der Waals surface area contributed by atoms with E-state index < -0.39 is 6.04 Å². The van der Waals surface area contributed by atoms with Gasteiger partial charge in [0, 0.05) is 22.2 Å². The van der Waals surface area contributed by atoms with Gasteiger partial charge in [0.15, 0.2) is 11.5 Å². The molecule has 11 heteroatoms. The Bertz CT molecular complexity index is 2000. The summed E-state index contributed by atoms with van der Waals surface area (Å²) in [5.74, 6) is 1.94. The van der Waals surface area contributed by atoms with Crippen molar-refractivity contribution in [1.29, 1.82) is 0 Å². The molecular weight excluding hydrogens is 698 g/mol. The number of hydrogen-bond acceptors (Lipinski definition) is 7. The molecule has 240 valence electrons. The van der Waals surface area contributed by atoms with Gasteiger partial charge in [-0.3, -0.25) is 4.79 Å². The largest absolute Gasteiger partial charge is 0.493 e. The van der Waals surface area contributed by atoms with Crippen LogP contribution in [0, 0.1) is 13.8 Å². The van der Waals surface area contributed by atoms with Gasteiger partial charge in [-0.25, -0.2) is 4.68 Å². The zero-order chi connectivity index (χ0) is 33.1. The van der Waals surface area contributed by atoms with Gasteiger partial charge in [-0.2, -0.15) is 4.98 Å². The Morgan fingerprint density at radius 1 is 1.04 bits per heavy atom. The second kappa shape index (κ2) is 14.3. The number of anilines is 2.